The van der Waals surface area contributed by atoms with Gasteiger partial charge in [-0.05, 0) is 0 Å². The van der Waals surface area contributed by atoms with Crippen molar-refractivity contribution < 1.29 is 4.74 Å². The van der Waals surface area contributed by atoms with Crippen molar-refractivity contribution in [3.63, 3.8) is 0 Å². The number of nitriles is 1. The third-order valence-corrected chi connectivity index (χ3v) is 3.61. The van der Waals surface area contributed by atoms with E-state index in [0.717, 1.165) is 37.3 Å². The Balaban J connectivity index is 1.82. The van der Waals surface area contributed by atoms with Crippen LogP contribution in [0.1, 0.15) is 5.69 Å². The summed E-state index contributed by atoms with van der Waals surface area (Å²) in [7, 11) is 0. The van der Waals surface area contributed by atoms with Crippen molar-refractivity contribution in [3.8, 4) is 11.9 Å². The van der Waals surface area contributed by atoms with Gasteiger partial charge in [-0.3, -0.25) is 4.57 Å². The maximum Gasteiger partial charge on any atom is 0.187 e. The topological polar surface area (TPSA) is 67.0 Å². The number of anilines is 1. The molecule has 2 aromatic rings. The maximum atomic E-state index is 8.74. The Morgan fingerprint density at radius 2 is 2.22 bits per heavy atom. The van der Waals surface area contributed by atoms with Gasteiger partial charge in [0.2, 0.25) is 0 Å². The molecule has 0 bridgehead atoms. The largest absolute Gasteiger partial charge is 0.378 e. The average Bonchev–Trinajstić information content (AvgIpc) is 3.08. The lowest BCUT2D eigenvalue weighted by atomic mass is 10.5. The lowest BCUT2D eigenvalue weighted by molar-refractivity contribution is 0.122. The highest BCUT2D eigenvalue weighted by atomic mass is 32.1. The molecular formula is C11H11N5OS. The quantitative estimate of drug-likeness (QED) is 0.808. The van der Waals surface area contributed by atoms with Crippen molar-refractivity contribution in [2.45, 2.75) is 0 Å². The Morgan fingerprint density at radius 1 is 1.39 bits per heavy atom. The fourth-order valence-electron chi connectivity index (χ4n) is 1.78. The SMILES string of the molecule is N#Cc1cn(-c2csc(N3CCOCC3)n2)cn1. The van der Waals surface area contributed by atoms with Crippen LogP contribution in [-0.2, 0) is 4.74 Å². The molecule has 1 aliphatic heterocycles. The first-order chi connectivity index (χ1) is 8.86. The van der Waals surface area contributed by atoms with Gasteiger partial charge in [0.25, 0.3) is 0 Å². The molecule has 3 rings (SSSR count). The Labute approximate surface area is 108 Å². The van der Waals surface area contributed by atoms with Crippen molar-refractivity contribution in [2.24, 2.45) is 0 Å². The van der Waals surface area contributed by atoms with Gasteiger partial charge in [-0.1, -0.05) is 0 Å². The summed E-state index contributed by atoms with van der Waals surface area (Å²) in [4.78, 5) is 10.7. The second-order valence-electron chi connectivity index (χ2n) is 3.87. The van der Waals surface area contributed by atoms with Gasteiger partial charge in [0.15, 0.2) is 16.6 Å². The monoisotopic (exact) mass is 261 g/mol. The fraction of sp³-hybridized carbons (Fsp3) is 0.364. The molecular weight excluding hydrogens is 250 g/mol. The van der Waals surface area contributed by atoms with Gasteiger partial charge < -0.3 is 9.64 Å². The normalized spacial score (nSPS) is 15.6. The number of hydrogen-bond donors (Lipinski definition) is 0. The smallest absolute Gasteiger partial charge is 0.187 e. The van der Waals surface area contributed by atoms with Crippen molar-refractivity contribution in [1.82, 2.24) is 14.5 Å². The van der Waals surface area contributed by atoms with Crippen LogP contribution in [0.15, 0.2) is 17.9 Å². The molecule has 3 heterocycles. The zero-order chi connectivity index (χ0) is 12.4. The molecule has 1 saturated heterocycles. The van der Waals surface area contributed by atoms with E-state index in [2.05, 4.69) is 14.9 Å². The summed E-state index contributed by atoms with van der Waals surface area (Å²) in [5.41, 5.74) is 0.399. The predicted octanol–water partition coefficient (Wildman–Crippen LogP) is 1.04. The summed E-state index contributed by atoms with van der Waals surface area (Å²) >= 11 is 1.60. The third-order valence-electron chi connectivity index (χ3n) is 2.72. The van der Waals surface area contributed by atoms with E-state index in [-0.39, 0.29) is 0 Å². The molecule has 0 unspecified atom stereocenters. The lowest BCUT2D eigenvalue weighted by Crippen LogP contribution is -2.36. The van der Waals surface area contributed by atoms with Crippen LogP contribution in [0, 0.1) is 11.3 Å². The fourth-order valence-corrected chi connectivity index (χ4v) is 2.64. The van der Waals surface area contributed by atoms with Crippen LogP contribution in [0.25, 0.3) is 5.82 Å². The van der Waals surface area contributed by atoms with Crippen molar-refractivity contribution in [1.29, 1.82) is 5.26 Å². The molecule has 1 fully saturated rings. The summed E-state index contributed by atoms with van der Waals surface area (Å²) in [5, 5.41) is 11.7. The third kappa shape index (κ3) is 2.08. The van der Waals surface area contributed by atoms with Crippen LogP contribution in [0.3, 0.4) is 0 Å². The number of morpholine rings is 1. The summed E-state index contributed by atoms with van der Waals surface area (Å²) < 4.78 is 7.08. The van der Waals surface area contributed by atoms with E-state index in [1.165, 1.54) is 0 Å². The second-order valence-corrected chi connectivity index (χ2v) is 4.70. The van der Waals surface area contributed by atoms with Gasteiger partial charge in [-0.15, -0.1) is 11.3 Å². The molecule has 0 radical (unpaired) electrons. The first kappa shape index (κ1) is 11.2. The number of thiazole rings is 1. The first-order valence-electron chi connectivity index (χ1n) is 5.59. The molecule has 92 valence electrons. The van der Waals surface area contributed by atoms with Crippen LogP contribution >= 0.6 is 11.3 Å². The predicted molar refractivity (Wildman–Crippen MR) is 67.0 cm³/mol. The highest BCUT2D eigenvalue weighted by molar-refractivity contribution is 7.14. The van der Waals surface area contributed by atoms with Gasteiger partial charge in [-0.2, -0.15) is 5.26 Å². The Bertz CT molecular complexity index is 578. The van der Waals surface area contributed by atoms with E-state index < -0.39 is 0 Å². The Hall–Kier alpha value is -1.91. The first-order valence-corrected chi connectivity index (χ1v) is 6.47. The van der Waals surface area contributed by atoms with Crippen LogP contribution in [0.4, 0.5) is 5.13 Å². The molecule has 0 spiro atoms. The Kier molecular flexibility index (Phi) is 2.96. The Morgan fingerprint density at radius 3 is 2.94 bits per heavy atom. The van der Waals surface area contributed by atoms with Gasteiger partial charge in [0.1, 0.15) is 12.4 Å². The highest BCUT2D eigenvalue weighted by Gasteiger charge is 2.15. The number of nitrogens with zero attached hydrogens (tertiary/aromatic N) is 5. The van der Waals surface area contributed by atoms with Gasteiger partial charge >= 0.3 is 0 Å². The molecule has 0 N–H and O–H groups in total. The number of ether oxygens (including phenoxy) is 1. The maximum absolute atomic E-state index is 8.74. The van der Waals surface area contributed by atoms with E-state index in [4.69, 9.17) is 10.00 Å². The summed E-state index contributed by atoms with van der Waals surface area (Å²) in [5.74, 6) is 0.801. The van der Waals surface area contributed by atoms with E-state index in [0.29, 0.717) is 5.69 Å². The molecule has 18 heavy (non-hydrogen) atoms. The van der Waals surface area contributed by atoms with Crippen LogP contribution in [-0.4, -0.2) is 40.8 Å². The van der Waals surface area contributed by atoms with Crippen molar-refractivity contribution in [2.75, 3.05) is 31.2 Å². The van der Waals surface area contributed by atoms with Crippen molar-refractivity contribution in [3.05, 3.63) is 23.6 Å². The highest BCUT2D eigenvalue weighted by Crippen LogP contribution is 2.23. The number of rotatable bonds is 2. The average molecular weight is 261 g/mol. The minimum Gasteiger partial charge on any atom is -0.378 e. The molecule has 0 atom stereocenters. The van der Waals surface area contributed by atoms with E-state index in [1.807, 2.05) is 11.4 Å². The van der Waals surface area contributed by atoms with Gasteiger partial charge in [-0.25, -0.2) is 9.97 Å². The lowest BCUT2D eigenvalue weighted by Gasteiger charge is -2.25. The summed E-state index contributed by atoms with van der Waals surface area (Å²) in [6, 6.07) is 2.00. The van der Waals surface area contributed by atoms with Crippen molar-refractivity contribution >= 4 is 16.5 Å². The van der Waals surface area contributed by atoms with E-state index >= 15 is 0 Å². The van der Waals surface area contributed by atoms with Gasteiger partial charge in [0, 0.05) is 24.7 Å². The number of imidazole rings is 1. The summed E-state index contributed by atoms with van der Waals surface area (Å²) in [6.07, 6.45) is 3.29. The minimum absolute atomic E-state index is 0.399. The van der Waals surface area contributed by atoms with Crippen LogP contribution < -0.4 is 4.90 Å². The molecule has 1 aliphatic rings. The molecule has 0 saturated carbocycles. The number of hydrogen-bond acceptors (Lipinski definition) is 6. The molecule has 2 aromatic heterocycles. The molecule has 0 amide bonds. The minimum atomic E-state index is 0.399. The molecule has 7 heteroatoms. The number of aromatic nitrogens is 3. The van der Waals surface area contributed by atoms with E-state index in [1.54, 1.807) is 28.4 Å². The standard InChI is InChI=1S/C11H11N5OS/c12-5-9-6-16(8-13-9)10-7-18-11(14-10)15-1-3-17-4-2-15/h6-8H,1-4H2. The summed E-state index contributed by atoms with van der Waals surface area (Å²) in [6.45, 7) is 3.25. The molecule has 0 aliphatic carbocycles. The molecule has 6 nitrogen and oxygen atoms in total. The van der Waals surface area contributed by atoms with Crippen LogP contribution in [0.2, 0.25) is 0 Å². The molecule has 0 aromatic carbocycles. The van der Waals surface area contributed by atoms with E-state index in [9.17, 15) is 0 Å². The zero-order valence-electron chi connectivity index (χ0n) is 9.61. The zero-order valence-corrected chi connectivity index (χ0v) is 10.4. The van der Waals surface area contributed by atoms with Crippen LogP contribution in [0.5, 0.6) is 0 Å². The second kappa shape index (κ2) is 4.76. The van der Waals surface area contributed by atoms with Gasteiger partial charge in [0.05, 0.1) is 13.2 Å².